The van der Waals surface area contributed by atoms with E-state index in [2.05, 4.69) is 15.5 Å². The van der Waals surface area contributed by atoms with E-state index in [4.69, 9.17) is 9.15 Å². The topological polar surface area (TPSA) is 93.8 Å². The summed E-state index contributed by atoms with van der Waals surface area (Å²) < 4.78 is 11.3. The van der Waals surface area contributed by atoms with E-state index in [1.54, 1.807) is 12.4 Å². The SMILES string of the molecule is O=NC1CCc2cc(Nc3c(C(=O)C4CCOCC4)oc4cnccc34)ccc21. The summed E-state index contributed by atoms with van der Waals surface area (Å²) in [7, 11) is 0. The zero-order chi connectivity index (χ0) is 19.8. The Kier molecular flexibility index (Phi) is 4.60. The zero-order valence-electron chi connectivity index (χ0n) is 15.9. The number of hydrogen-bond acceptors (Lipinski definition) is 7. The van der Waals surface area contributed by atoms with Crippen LogP contribution < -0.4 is 5.32 Å². The van der Waals surface area contributed by atoms with Crippen LogP contribution in [0.1, 0.15) is 47.0 Å². The van der Waals surface area contributed by atoms with Gasteiger partial charge in [-0.3, -0.25) is 9.78 Å². The van der Waals surface area contributed by atoms with Crippen LogP contribution in [0.4, 0.5) is 11.4 Å². The van der Waals surface area contributed by atoms with Crippen molar-refractivity contribution in [1.82, 2.24) is 4.98 Å². The number of rotatable bonds is 5. The average molecular weight is 391 g/mol. The maximum absolute atomic E-state index is 13.2. The van der Waals surface area contributed by atoms with Gasteiger partial charge in [0.1, 0.15) is 6.04 Å². The lowest BCUT2D eigenvalue weighted by Gasteiger charge is -2.20. The van der Waals surface area contributed by atoms with Crippen LogP contribution in [0.5, 0.6) is 0 Å². The summed E-state index contributed by atoms with van der Waals surface area (Å²) in [6.07, 6.45) is 6.29. The number of ether oxygens (including phenoxy) is 1. The van der Waals surface area contributed by atoms with Gasteiger partial charge in [-0.15, -0.1) is 0 Å². The molecule has 1 fully saturated rings. The van der Waals surface area contributed by atoms with Crippen LogP contribution in [-0.2, 0) is 11.2 Å². The molecule has 29 heavy (non-hydrogen) atoms. The molecular formula is C22H21N3O4. The van der Waals surface area contributed by atoms with Crippen LogP contribution in [-0.4, -0.2) is 24.0 Å². The van der Waals surface area contributed by atoms with Crippen LogP contribution in [0.2, 0.25) is 0 Å². The van der Waals surface area contributed by atoms with Gasteiger partial charge in [0.15, 0.2) is 11.3 Å². The lowest BCUT2D eigenvalue weighted by molar-refractivity contribution is 0.0529. The summed E-state index contributed by atoms with van der Waals surface area (Å²) in [5.41, 5.74) is 4.21. The number of nitroso groups, excluding NO2 is 1. The van der Waals surface area contributed by atoms with E-state index in [0.717, 1.165) is 35.0 Å². The minimum atomic E-state index is -0.259. The van der Waals surface area contributed by atoms with Crippen molar-refractivity contribution in [3.05, 3.63) is 58.5 Å². The first-order valence-electron chi connectivity index (χ1n) is 9.95. The van der Waals surface area contributed by atoms with Crippen molar-refractivity contribution in [2.75, 3.05) is 18.5 Å². The molecule has 1 aliphatic carbocycles. The number of hydrogen-bond donors (Lipinski definition) is 1. The van der Waals surface area contributed by atoms with Gasteiger partial charge in [0.2, 0.25) is 5.78 Å². The Morgan fingerprint density at radius 2 is 2.03 bits per heavy atom. The van der Waals surface area contributed by atoms with E-state index in [0.29, 0.717) is 43.1 Å². The van der Waals surface area contributed by atoms with Crippen LogP contribution in [0, 0.1) is 10.8 Å². The summed E-state index contributed by atoms with van der Waals surface area (Å²) in [5, 5.41) is 7.44. The predicted molar refractivity (Wildman–Crippen MR) is 108 cm³/mol. The maximum Gasteiger partial charge on any atom is 0.203 e. The Balaban J connectivity index is 1.52. The van der Waals surface area contributed by atoms with Gasteiger partial charge < -0.3 is 14.5 Å². The molecule has 0 amide bonds. The van der Waals surface area contributed by atoms with Crippen LogP contribution >= 0.6 is 0 Å². The predicted octanol–water partition coefficient (Wildman–Crippen LogP) is 4.93. The van der Waals surface area contributed by atoms with Crippen molar-refractivity contribution in [2.24, 2.45) is 11.1 Å². The number of aromatic nitrogens is 1. The zero-order valence-corrected chi connectivity index (χ0v) is 15.9. The lowest BCUT2D eigenvalue weighted by Crippen LogP contribution is -2.23. The van der Waals surface area contributed by atoms with Crippen LogP contribution in [0.25, 0.3) is 11.0 Å². The molecule has 3 aromatic rings. The maximum atomic E-state index is 13.2. The van der Waals surface area contributed by atoms with Crippen molar-refractivity contribution in [2.45, 2.75) is 31.7 Å². The van der Waals surface area contributed by atoms with Crippen molar-refractivity contribution >= 4 is 28.1 Å². The highest BCUT2D eigenvalue weighted by molar-refractivity contribution is 6.08. The molecule has 0 spiro atoms. The number of benzene rings is 1. The molecule has 7 nitrogen and oxygen atoms in total. The third-order valence-electron chi connectivity index (χ3n) is 5.89. The fraction of sp³-hybridized carbons (Fsp3) is 0.364. The van der Waals surface area contributed by atoms with E-state index >= 15 is 0 Å². The number of pyridine rings is 1. The normalized spacial score (nSPS) is 19.2. The van der Waals surface area contributed by atoms with Crippen LogP contribution in [0.3, 0.4) is 0 Å². The van der Waals surface area contributed by atoms with Gasteiger partial charge in [-0.25, -0.2) is 0 Å². The number of nitrogens with zero attached hydrogens (tertiary/aromatic N) is 2. The molecule has 1 aliphatic heterocycles. The molecular weight excluding hydrogens is 370 g/mol. The van der Waals surface area contributed by atoms with Gasteiger partial charge in [0.25, 0.3) is 0 Å². The molecule has 2 aromatic heterocycles. The first-order valence-corrected chi connectivity index (χ1v) is 9.95. The average Bonchev–Trinajstić information content (AvgIpc) is 3.35. The molecule has 1 unspecified atom stereocenters. The first-order chi connectivity index (χ1) is 14.2. The minimum absolute atomic E-state index is 0.00150. The molecule has 1 atom stereocenters. The summed E-state index contributed by atoms with van der Waals surface area (Å²) in [5.74, 6) is 0.239. The van der Waals surface area contributed by atoms with E-state index in [1.807, 2.05) is 24.3 Å². The number of Topliss-reactive ketones (excluding diaryl/α,β-unsaturated/α-hetero) is 1. The first kappa shape index (κ1) is 18.0. The number of ketones is 1. The summed E-state index contributed by atoms with van der Waals surface area (Å²) in [4.78, 5) is 28.3. The second-order valence-electron chi connectivity index (χ2n) is 7.63. The number of nitrogens with one attached hydrogen (secondary N) is 1. The fourth-order valence-corrected chi connectivity index (χ4v) is 4.32. The second-order valence-corrected chi connectivity index (χ2v) is 7.63. The molecule has 7 heteroatoms. The third-order valence-corrected chi connectivity index (χ3v) is 5.89. The lowest BCUT2D eigenvalue weighted by atomic mass is 9.93. The molecule has 148 valence electrons. The summed E-state index contributed by atoms with van der Waals surface area (Å²) in [6.45, 7) is 1.19. The van der Waals surface area contributed by atoms with Crippen molar-refractivity contribution < 1.29 is 13.9 Å². The highest BCUT2D eigenvalue weighted by Crippen LogP contribution is 2.39. The molecule has 0 bridgehead atoms. The number of anilines is 2. The van der Waals surface area contributed by atoms with E-state index in [-0.39, 0.29) is 17.7 Å². The molecule has 2 aliphatic rings. The molecule has 1 saturated heterocycles. The van der Waals surface area contributed by atoms with Gasteiger partial charge in [-0.1, -0.05) is 11.2 Å². The Morgan fingerprint density at radius 3 is 2.86 bits per heavy atom. The molecule has 0 radical (unpaired) electrons. The van der Waals surface area contributed by atoms with Crippen LogP contribution in [0.15, 0.2) is 46.3 Å². The molecule has 1 aromatic carbocycles. The quantitative estimate of drug-likeness (QED) is 0.489. The van der Waals surface area contributed by atoms with E-state index in [9.17, 15) is 9.70 Å². The largest absolute Gasteiger partial charge is 0.449 e. The second kappa shape index (κ2) is 7.40. The minimum Gasteiger partial charge on any atom is -0.449 e. The van der Waals surface area contributed by atoms with Gasteiger partial charge in [0, 0.05) is 36.4 Å². The summed E-state index contributed by atoms with van der Waals surface area (Å²) >= 11 is 0. The van der Waals surface area contributed by atoms with Gasteiger partial charge >= 0.3 is 0 Å². The Hall–Kier alpha value is -3.06. The highest BCUT2D eigenvalue weighted by atomic mass is 16.5. The number of fused-ring (bicyclic) bond motifs is 2. The summed E-state index contributed by atoms with van der Waals surface area (Å²) in [6, 6.07) is 7.49. The fourth-order valence-electron chi connectivity index (χ4n) is 4.32. The monoisotopic (exact) mass is 391 g/mol. The van der Waals surface area contributed by atoms with Crippen molar-refractivity contribution in [3.63, 3.8) is 0 Å². The highest BCUT2D eigenvalue weighted by Gasteiger charge is 2.30. The molecule has 5 rings (SSSR count). The van der Waals surface area contributed by atoms with Gasteiger partial charge in [-0.2, -0.15) is 4.91 Å². The Bertz CT molecular complexity index is 1080. The van der Waals surface area contributed by atoms with Gasteiger partial charge in [0.05, 0.1) is 11.9 Å². The number of carbonyl (C=O) groups is 1. The van der Waals surface area contributed by atoms with Crippen molar-refractivity contribution in [3.8, 4) is 0 Å². The number of furan rings is 1. The Morgan fingerprint density at radius 1 is 1.17 bits per heavy atom. The Labute approximate surface area is 167 Å². The van der Waals surface area contributed by atoms with E-state index < -0.39 is 0 Å². The van der Waals surface area contributed by atoms with Gasteiger partial charge in [-0.05, 0) is 55.0 Å². The molecule has 0 saturated carbocycles. The third kappa shape index (κ3) is 3.21. The smallest absolute Gasteiger partial charge is 0.203 e. The van der Waals surface area contributed by atoms with Crippen molar-refractivity contribution in [1.29, 1.82) is 0 Å². The standard InChI is InChI=1S/C22H21N3O4/c26-21(13-6-9-28-10-7-13)22-20(17-5-8-23-12-19(17)29-22)24-15-2-3-16-14(11-15)1-4-18(16)25-27/h2-3,5,8,11-13,18,24H,1,4,6-7,9-10H2. The number of carbonyl (C=O) groups excluding carboxylic acids is 1. The van der Waals surface area contributed by atoms with E-state index in [1.165, 1.54) is 0 Å². The molecule has 3 heterocycles. The molecule has 1 N–H and O–H groups in total. The number of aryl methyl sites for hydroxylation is 1.